The van der Waals surface area contributed by atoms with E-state index in [0.717, 1.165) is 18.5 Å². The van der Waals surface area contributed by atoms with Crippen molar-refractivity contribution in [2.75, 3.05) is 32.1 Å². The topological polar surface area (TPSA) is 121 Å². The number of carbonyl (C=O) groups is 1. The highest BCUT2D eigenvalue weighted by atomic mass is 19.1. The Morgan fingerprint density at radius 3 is 2.68 bits per heavy atom. The maximum Gasteiger partial charge on any atom is 0.283 e. The number of amides is 1. The molecule has 9 nitrogen and oxygen atoms in total. The van der Waals surface area contributed by atoms with Crippen LogP contribution in [-0.2, 0) is 15.0 Å². The van der Waals surface area contributed by atoms with Gasteiger partial charge in [0, 0.05) is 17.7 Å². The summed E-state index contributed by atoms with van der Waals surface area (Å²) in [7, 11) is 0. The number of amidine groups is 1. The number of aliphatic imine (C=N–C) groups is 1. The molecule has 2 aromatic rings. The molecule has 1 spiro atoms. The van der Waals surface area contributed by atoms with Gasteiger partial charge in [-0.25, -0.2) is 28.1 Å². The second kappa shape index (κ2) is 8.02. The van der Waals surface area contributed by atoms with Crippen LogP contribution in [0, 0.1) is 5.82 Å². The van der Waals surface area contributed by atoms with Gasteiger partial charge in [-0.1, -0.05) is 0 Å². The zero-order valence-electron chi connectivity index (χ0n) is 16.1. The van der Waals surface area contributed by atoms with Crippen LogP contribution in [0.2, 0.25) is 0 Å². The molecule has 2 aliphatic rings. The summed E-state index contributed by atoms with van der Waals surface area (Å²) < 4.78 is 56.3. The van der Waals surface area contributed by atoms with Crippen LogP contribution in [0.5, 0.6) is 5.88 Å². The predicted octanol–water partition coefficient (Wildman–Crippen LogP) is 1.84. The van der Waals surface area contributed by atoms with Gasteiger partial charge in [-0.3, -0.25) is 4.79 Å². The van der Waals surface area contributed by atoms with Gasteiger partial charge >= 0.3 is 0 Å². The first-order valence-electron chi connectivity index (χ1n) is 9.19. The highest BCUT2D eigenvalue weighted by Crippen LogP contribution is 2.44. The molecule has 1 amide bonds. The van der Waals surface area contributed by atoms with Crippen LogP contribution >= 0.6 is 0 Å². The molecule has 0 bridgehead atoms. The SMILES string of the molecule is NC1=N[C@](CF)(c2cc(NC(=O)c3cnc(OCF)cn3)ccc2F)CC2(COC2)O1. The summed E-state index contributed by atoms with van der Waals surface area (Å²) in [6, 6.07) is 3.44. The molecule has 0 aliphatic carbocycles. The molecule has 0 saturated carbocycles. The monoisotopic (exact) mass is 437 g/mol. The Labute approximate surface area is 174 Å². The normalized spacial score (nSPS) is 21.6. The number of nitrogens with one attached hydrogen (secondary N) is 1. The van der Waals surface area contributed by atoms with E-state index in [4.69, 9.17) is 15.2 Å². The second-order valence-electron chi connectivity index (χ2n) is 7.21. The number of benzene rings is 1. The van der Waals surface area contributed by atoms with Crippen LogP contribution in [0.1, 0.15) is 22.5 Å². The quantitative estimate of drug-likeness (QED) is 0.707. The molecule has 1 aromatic carbocycles. The Bertz CT molecular complexity index is 1020. The van der Waals surface area contributed by atoms with Gasteiger partial charge in [0.2, 0.25) is 12.7 Å². The molecule has 3 heterocycles. The summed E-state index contributed by atoms with van der Waals surface area (Å²) in [6.07, 6.45) is 2.20. The van der Waals surface area contributed by atoms with Gasteiger partial charge in [0.15, 0.2) is 5.60 Å². The Morgan fingerprint density at radius 1 is 1.26 bits per heavy atom. The van der Waals surface area contributed by atoms with E-state index in [2.05, 4.69) is 25.0 Å². The van der Waals surface area contributed by atoms with Gasteiger partial charge in [-0.05, 0) is 18.2 Å². The number of carbonyl (C=O) groups excluding carboxylic acids is 1. The van der Waals surface area contributed by atoms with Gasteiger partial charge in [-0.2, -0.15) is 0 Å². The summed E-state index contributed by atoms with van der Waals surface area (Å²) >= 11 is 0. The van der Waals surface area contributed by atoms with E-state index in [1.807, 2.05) is 0 Å². The smallest absolute Gasteiger partial charge is 0.283 e. The fraction of sp³-hybridized carbons (Fsp3) is 0.368. The van der Waals surface area contributed by atoms with E-state index < -0.39 is 36.4 Å². The third-order valence-electron chi connectivity index (χ3n) is 5.00. The minimum absolute atomic E-state index is 0.0209. The van der Waals surface area contributed by atoms with E-state index in [0.29, 0.717) is 0 Å². The molecule has 164 valence electrons. The molecule has 31 heavy (non-hydrogen) atoms. The third kappa shape index (κ3) is 3.98. The lowest BCUT2D eigenvalue weighted by Crippen LogP contribution is -2.60. The zero-order valence-corrected chi connectivity index (χ0v) is 16.1. The van der Waals surface area contributed by atoms with Crippen LogP contribution in [0.4, 0.5) is 18.9 Å². The van der Waals surface area contributed by atoms with Gasteiger partial charge < -0.3 is 25.3 Å². The Hall–Kier alpha value is -3.41. The number of nitrogens with two attached hydrogens (primary N) is 1. The van der Waals surface area contributed by atoms with E-state index in [1.165, 1.54) is 12.1 Å². The predicted molar refractivity (Wildman–Crippen MR) is 102 cm³/mol. The van der Waals surface area contributed by atoms with Crippen LogP contribution in [0.25, 0.3) is 0 Å². The van der Waals surface area contributed by atoms with E-state index in [-0.39, 0.29) is 48.5 Å². The van der Waals surface area contributed by atoms with Crippen molar-refractivity contribution in [3.63, 3.8) is 0 Å². The number of nitrogens with zero attached hydrogens (tertiary/aromatic N) is 3. The van der Waals surface area contributed by atoms with Crippen molar-refractivity contribution < 1.29 is 32.2 Å². The molecule has 1 atom stereocenters. The number of hydrogen-bond donors (Lipinski definition) is 2. The fourth-order valence-electron chi connectivity index (χ4n) is 3.58. The summed E-state index contributed by atoms with van der Waals surface area (Å²) in [4.78, 5) is 24.1. The van der Waals surface area contributed by atoms with E-state index in [1.54, 1.807) is 0 Å². The van der Waals surface area contributed by atoms with Crippen LogP contribution in [0.15, 0.2) is 35.6 Å². The third-order valence-corrected chi connectivity index (χ3v) is 5.00. The summed E-state index contributed by atoms with van der Waals surface area (Å²) in [5.41, 5.74) is 3.27. The van der Waals surface area contributed by atoms with Gasteiger partial charge in [0.1, 0.15) is 23.7 Å². The van der Waals surface area contributed by atoms with Crippen molar-refractivity contribution in [3.05, 3.63) is 47.7 Å². The Balaban J connectivity index is 1.60. The first-order chi connectivity index (χ1) is 14.9. The minimum Gasteiger partial charge on any atom is -0.454 e. The number of anilines is 1. The van der Waals surface area contributed by atoms with Crippen LogP contribution < -0.4 is 15.8 Å². The first kappa shape index (κ1) is 20.8. The molecule has 12 heteroatoms. The number of alkyl halides is 2. The summed E-state index contributed by atoms with van der Waals surface area (Å²) in [6.45, 7) is -1.75. The van der Waals surface area contributed by atoms with Crippen molar-refractivity contribution in [3.8, 4) is 5.88 Å². The number of halogens is 3. The lowest BCUT2D eigenvalue weighted by molar-refractivity contribution is -0.189. The van der Waals surface area contributed by atoms with E-state index in [9.17, 15) is 18.0 Å². The van der Waals surface area contributed by atoms with E-state index >= 15 is 0 Å². The molecule has 1 saturated heterocycles. The molecule has 1 aromatic heterocycles. The fourth-order valence-corrected chi connectivity index (χ4v) is 3.58. The summed E-state index contributed by atoms with van der Waals surface area (Å²) in [5.74, 6) is -1.46. The summed E-state index contributed by atoms with van der Waals surface area (Å²) in [5, 5.41) is 2.54. The van der Waals surface area contributed by atoms with Gasteiger partial charge in [0.25, 0.3) is 11.9 Å². The number of aromatic nitrogens is 2. The van der Waals surface area contributed by atoms with Crippen molar-refractivity contribution >= 4 is 17.6 Å². The van der Waals surface area contributed by atoms with Crippen molar-refractivity contribution in [1.82, 2.24) is 9.97 Å². The molecule has 0 radical (unpaired) electrons. The van der Waals surface area contributed by atoms with Crippen LogP contribution in [-0.4, -0.2) is 54.2 Å². The average Bonchev–Trinajstić information content (AvgIpc) is 2.74. The first-order valence-corrected chi connectivity index (χ1v) is 9.19. The number of hydrogen-bond acceptors (Lipinski definition) is 8. The Kier molecular flexibility index (Phi) is 5.39. The Morgan fingerprint density at radius 2 is 2.06 bits per heavy atom. The standard InChI is InChI=1S/C19H18F3N5O4/c20-7-19(6-18(8-29-9-18)31-17(23)27-19)12-3-11(1-2-13(12)22)26-16(28)14-4-25-15(5-24-14)30-10-21/h1-5H,6-10H2,(H2,23,27)(H,26,28)/t19-/m1/s1. The molecule has 1 fully saturated rings. The molecule has 3 N–H and O–H groups in total. The van der Waals surface area contributed by atoms with Crippen LogP contribution in [0.3, 0.4) is 0 Å². The molecular weight excluding hydrogens is 419 g/mol. The molecule has 2 aliphatic heterocycles. The highest BCUT2D eigenvalue weighted by molar-refractivity contribution is 6.02. The second-order valence-corrected chi connectivity index (χ2v) is 7.21. The molecule has 0 unspecified atom stereocenters. The van der Waals surface area contributed by atoms with Crippen molar-refractivity contribution in [2.24, 2.45) is 10.7 Å². The minimum atomic E-state index is -1.62. The maximum absolute atomic E-state index is 14.7. The molecule has 4 rings (SSSR count). The highest BCUT2D eigenvalue weighted by Gasteiger charge is 2.53. The maximum atomic E-state index is 14.7. The number of rotatable bonds is 6. The van der Waals surface area contributed by atoms with Gasteiger partial charge in [-0.15, -0.1) is 0 Å². The molecular formula is C19H18F3N5O4. The number of ether oxygens (including phenoxy) is 3. The van der Waals surface area contributed by atoms with Crippen molar-refractivity contribution in [2.45, 2.75) is 17.6 Å². The van der Waals surface area contributed by atoms with Crippen molar-refractivity contribution in [1.29, 1.82) is 0 Å². The lowest BCUT2D eigenvalue weighted by Gasteiger charge is -2.48. The van der Waals surface area contributed by atoms with Gasteiger partial charge in [0.05, 0.1) is 25.6 Å². The largest absolute Gasteiger partial charge is 0.454 e. The average molecular weight is 437 g/mol. The lowest BCUT2D eigenvalue weighted by atomic mass is 9.78. The zero-order chi connectivity index (χ0) is 22.1.